The zero-order chi connectivity index (χ0) is 17.5. The fourth-order valence-electron chi connectivity index (χ4n) is 2.21. The lowest BCUT2D eigenvalue weighted by Gasteiger charge is -2.26. The van der Waals surface area contributed by atoms with Gasteiger partial charge in [0.1, 0.15) is 16.9 Å². The molecular weight excluding hydrogens is 298 g/mol. The number of rotatable bonds is 8. The van der Waals surface area contributed by atoms with Crippen LogP contribution in [0.4, 0.5) is 5.69 Å². The van der Waals surface area contributed by atoms with E-state index in [1.54, 1.807) is 19.1 Å². The lowest BCUT2D eigenvalue weighted by molar-refractivity contribution is -0.136. The second-order valence-electron chi connectivity index (χ2n) is 5.27. The molecule has 0 bridgehead atoms. The molecule has 0 fully saturated rings. The first kappa shape index (κ1) is 19.0. The molecule has 0 aliphatic heterocycles. The van der Waals surface area contributed by atoms with Crippen molar-refractivity contribution in [2.75, 3.05) is 26.1 Å². The van der Waals surface area contributed by atoms with Gasteiger partial charge in [-0.1, -0.05) is 13.3 Å². The van der Waals surface area contributed by atoms with Crippen LogP contribution in [0.2, 0.25) is 0 Å². The summed E-state index contributed by atoms with van der Waals surface area (Å²) >= 11 is 0. The molecule has 128 valence electrons. The molecule has 0 heterocycles. The van der Waals surface area contributed by atoms with Crippen LogP contribution in [-0.2, 0) is 14.3 Å². The molecule has 6 heteroatoms. The summed E-state index contributed by atoms with van der Waals surface area (Å²) in [6.07, 6.45) is 1.41. The Labute approximate surface area is 137 Å². The van der Waals surface area contributed by atoms with Crippen molar-refractivity contribution in [3.05, 3.63) is 23.8 Å². The Bertz CT molecular complexity index is 558. The molecule has 0 spiro atoms. The highest BCUT2D eigenvalue weighted by Gasteiger charge is 2.32. The number of nitrogens with one attached hydrogen (secondary N) is 1. The van der Waals surface area contributed by atoms with Gasteiger partial charge in [0.15, 0.2) is 0 Å². The molecule has 1 amide bonds. The maximum Gasteiger partial charge on any atom is 0.341 e. The quantitative estimate of drug-likeness (QED) is 0.744. The van der Waals surface area contributed by atoms with Crippen molar-refractivity contribution in [2.24, 2.45) is 0 Å². The third-order valence-electron chi connectivity index (χ3n) is 3.60. The van der Waals surface area contributed by atoms with Crippen LogP contribution in [0.25, 0.3) is 0 Å². The second kappa shape index (κ2) is 8.53. The molecule has 23 heavy (non-hydrogen) atoms. The standard InChI is InChI=1S/C17H25NO5/c1-6-10-17(3,22-5)16(20)18-12-8-9-14(23-7-2)13(11-12)15(19)21-4/h8-9,11H,6-7,10H2,1-5H3,(H,18,20)/t17-/m0/s1. The first-order valence-electron chi connectivity index (χ1n) is 7.63. The average molecular weight is 323 g/mol. The summed E-state index contributed by atoms with van der Waals surface area (Å²) in [6.45, 7) is 5.97. The molecule has 0 saturated heterocycles. The van der Waals surface area contributed by atoms with Gasteiger partial charge >= 0.3 is 5.97 Å². The van der Waals surface area contributed by atoms with E-state index in [4.69, 9.17) is 14.2 Å². The summed E-state index contributed by atoms with van der Waals surface area (Å²) in [6, 6.07) is 4.85. The number of carbonyl (C=O) groups excluding carboxylic acids is 2. The highest BCUT2D eigenvalue weighted by atomic mass is 16.5. The van der Waals surface area contributed by atoms with Crippen molar-refractivity contribution in [3.8, 4) is 5.75 Å². The highest BCUT2D eigenvalue weighted by Crippen LogP contribution is 2.25. The van der Waals surface area contributed by atoms with Crippen molar-refractivity contribution in [2.45, 2.75) is 39.2 Å². The molecule has 1 atom stereocenters. The number of anilines is 1. The van der Waals surface area contributed by atoms with E-state index in [1.165, 1.54) is 20.3 Å². The number of esters is 1. The number of benzene rings is 1. The smallest absolute Gasteiger partial charge is 0.341 e. The van der Waals surface area contributed by atoms with E-state index >= 15 is 0 Å². The van der Waals surface area contributed by atoms with Crippen molar-refractivity contribution in [3.63, 3.8) is 0 Å². The van der Waals surface area contributed by atoms with Gasteiger partial charge in [-0.05, 0) is 38.5 Å². The maximum absolute atomic E-state index is 12.4. The predicted molar refractivity (Wildman–Crippen MR) is 87.9 cm³/mol. The molecule has 1 N–H and O–H groups in total. The minimum Gasteiger partial charge on any atom is -0.493 e. The molecule has 1 aromatic rings. The Morgan fingerprint density at radius 2 is 1.91 bits per heavy atom. The van der Waals surface area contributed by atoms with Gasteiger partial charge in [0.2, 0.25) is 0 Å². The Balaban J connectivity index is 3.05. The van der Waals surface area contributed by atoms with Gasteiger partial charge < -0.3 is 19.5 Å². The topological polar surface area (TPSA) is 73.9 Å². The molecule has 0 saturated carbocycles. The minimum atomic E-state index is -0.918. The summed E-state index contributed by atoms with van der Waals surface area (Å²) in [5.41, 5.74) is -0.168. The fraction of sp³-hybridized carbons (Fsp3) is 0.529. The van der Waals surface area contributed by atoms with Gasteiger partial charge in [0.05, 0.1) is 13.7 Å². The lowest BCUT2D eigenvalue weighted by atomic mass is 9.99. The third-order valence-corrected chi connectivity index (χ3v) is 3.60. The molecule has 1 rings (SSSR count). The number of amides is 1. The maximum atomic E-state index is 12.4. The normalized spacial score (nSPS) is 13.1. The summed E-state index contributed by atoms with van der Waals surface area (Å²) in [5.74, 6) is -0.366. The monoisotopic (exact) mass is 323 g/mol. The Hall–Kier alpha value is -2.08. The van der Waals surface area contributed by atoms with Gasteiger partial charge in [-0.2, -0.15) is 0 Å². The van der Waals surface area contributed by atoms with E-state index in [0.717, 1.165) is 6.42 Å². The van der Waals surface area contributed by atoms with Crippen molar-refractivity contribution < 1.29 is 23.8 Å². The largest absolute Gasteiger partial charge is 0.493 e. The number of hydrogen-bond donors (Lipinski definition) is 1. The molecule has 6 nitrogen and oxygen atoms in total. The molecular formula is C17H25NO5. The summed E-state index contributed by atoms with van der Waals surface area (Å²) in [5, 5.41) is 2.78. The molecule has 0 aromatic heterocycles. The SMILES string of the molecule is CCC[C@](C)(OC)C(=O)Nc1ccc(OCC)c(C(=O)OC)c1. The Kier molecular flexibility index (Phi) is 7.03. The summed E-state index contributed by atoms with van der Waals surface area (Å²) < 4.78 is 15.5. The minimum absolute atomic E-state index is 0.262. The van der Waals surface area contributed by atoms with Crippen LogP contribution in [0.3, 0.4) is 0 Å². The van der Waals surface area contributed by atoms with Crippen LogP contribution in [-0.4, -0.2) is 38.3 Å². The second-order valence-corrected chi connectivity index (χ2v) is 5.27. The van der Waals surface area contributed by atoms with Crippen molar-refractivity contribution >= 4 is 17.6 Å². The van der Waals surface area contributed by atoms with Crippen LogP contribution in [0.5, 0.6) is 5.75 Å². The zero-order valence-corrected chi connectivity index (χ0v) is 14.4. The van der Waals surface area contributed by atoms with Gasteiger partial charge in [-0.25, -0.2) is 4.79 Å². The van der Waals surface area contributed by atoms with E-state index < -0.39 is 11.6 Å². The van der Waals surface area contributed by atoms with Gasteiger partial charge in [-0.3, -0.25) is 4.79 Å². The first-order valence-corrected chi connectivity index (χ1v) is 7.63. The van der Waals surface area contributed by atoms with Crippen molar-refractivity contribution in [1.29, 1.82) is 0 Å². The third kappa shape index (κ3) is 4.69. The molecule has 0 aliphatic rings. The van der Waals surface area contributed by atoms with Gasteiger partial charge in [-0.15, -0.1) is 0 Å². The van der Waals surface area contributed by atoms with Crippen LogP contribution in [0.1, 0.15) is 44.0 Å². The van der Waals surface area contributed by atoms with E-state index in [-0.39, 0.29) is 11.5 Å². The highest BCUT2D eigenvalue weighted by molar-refractivity contribution is 5.99. The van der Waals surface area contributed by atoms with Crippen molar-refractivity contribution in [1.82, 2.24) is 0 Å². The molecule has 0 radical (unpaired) electrons. The number of ether oxygens (including phenoxy) is 3. The van der Waals surface area contributed by atoms with E-state index in [2.05, 4.69) is 5.32 Å². The van der Waals surface area contributed by atoms with E-state index in [0.29, 0.717) is 24.5 Å². The average Bonchev–Trinajstić information content (AvgIpc) is 2.55. The van der Waals surface area contributed by atoms with Crippen LogP contribution in [0, 0.1) is 0 Å². The molecule has 0 aliphatic carbocycles. The van der Waals surface area contributed by atoms with Gasteiger partial charge in [0.25, 0.3) is 5.91 Å². The summed E-state index contributed by atoms with van der Waals surface area (Å²) in [7, 11) is 2.81. The van der Waals surface area contributed by atoms with Crippen LogP contribution < -0.4 is 10.1 Å². The van der Waals surface area contributed by atoms with E-state index in [1.807, 2.05) is 13.8 Å². The number of hydrogen-bond acceptors (Lipinski definition) is 5. The van der Waals surface area contributed by atoms with Crippen LogP contribution in [0.15, 0.2) is 18.2 Å². The van der Waals surface area contributed by atoms with Gasteiger partial charge in [0, 0.05) is 12.8 Å². The Morgan fingerprint density at radius 3 is 2.43 bits per heavy atom. The zero-order valence-electron chi connectivity index (χ0n) is 14.4. The lowest BCUT2D eigenvalue weighted by Crippen LogP contribution is -2.41. The number of carbonyl (C=O) groups is 2. The number of methoxy groups -OCH3 is 2. The first-order chi connectivity index (χ1) is 10.9. The predicted octanol–water partition coefficient (Wildman–Crippen LogP) is 3.02. The fourth-order valence-corrected chi connectivity index (χ4v) is 2.21. The summed E-state index contributed by atoms with van der Waals surface area (Å²) in [4.78, 5) is 24.3. The van der Waals surface area contributed by atoms with Crippen LogP contribution >= 0.6 is 0 Å². The Morgan fingerprint density at radius 1 is 1.22 bits per heavy atom. The van der Waals surface area contributed by atoms with E-state index in [9.17, 15) is 9.59 Å². The molecule has 0 unspecified atom stereocenters. The molecule has 1 aromatic carbocycles.